The second-order valence-corrected chi connectivity index (χ2v) is 7.04. The molecule has 7 nitrogen and oxygen atoms in total. The highest BCUT2D eigenvalue weighted by Crippen LogP contribution is 2.20. The Kier molecular flexibility index (Phi) is 11.0. The molecule has 4 N–H and O–H groups in total. The Morgan fingerprint density at radius 3 is 2.44 bits per heavy atom. The Morgan fingerprint density at radius 1 is 1.24 bits per heavy atom. The number of carbonyl (C=O) groups is 2. The molecule has 0 aromatic carbocycles. The largest absolute Gasteiger partial charge is 0.370 e. The van der Waals surface area contributed by atoms with Crippen LogP contribution in [0, 0.1) is 11.3 Å². The minimum atomic E-state index is -0.556. The van der Waals surface area contributed by atoms with Crippen LogP contribution < -0.4 is 16.4 Å². The summed E-state index contributed by atoms with van der Waals surface area (Å²) in [5.74, 6) is 0.844. The molecule has 0 aliphatic carbocycles. The zero-order valence-corrected chi connectivity index (χ0v) is 18.3. The van der Waals surface area contributed by atoms with Gasteiger partial charge < -0.3 is 21.3 Å². The number of halogens is 1. The summed E-state index contributed by atoms with van der Waals surface area (Å²) in [5.41, 5.74) is 4.78. The van der Waals surface area contributed by atoms with Gasteiger partial charge in [0.05, 0.1) is 12.0 Å². The molecule has 0 aromatic rings. The predicted octanol–water partition coefficient (Wildman–Crippen LogP) is 1.32. The number of hydrogen-bond acceptors (Lipinski definition) is 3. The van der Waals surface area contributed by atoms with E-state index >= 15 is 0 Å². The zero-order chi connectivity index (χ0) is 18.2. The molecule has 0 radical (unpaired) electrons. The Balaban J connectivity index is 0.00000576. The highest BCUT2D eigenvalue weighted by Gasteiger charge is 2.28. The molecule has 0 aromatic heterocycles. The molecule has 0 spiro atoms. The number of nitrogens with one attached hydrogen (secondary N) is 2. The van der Waals surface area contributed by atoms with Gasteiger partial charge in [0.15, 0.2) is 5.96 Å². The molecule has 1 atom stereocenters. The van der Waals surface area contributed by atoms with Crippen LogP contribution >= 0.6 is 24.0 Å². The summed E-state index contributed by atoms with van der Waals surface area (Å²) < 4.78 is 0. The van der Waals surface area contributed by atoms with Gasteiger partial charge in [0.2, 0.25) is 11.8 Å². The van der Waals surface area contributed by atoms with Gasteiger partial charge >= 0.3 is 0 Å². The van der Waals surface area contributed by atoms with Gasteiger partial charge in [-0.2, -0.15) is 0 Å². The fourth-order valence-corrected chi connectivity index (χ4v) is 2.88. The van der Waals surface area contributed by atoms with Crippen molar-refractivity contribution in [2.24, 2.45) is 22.1 Å². The van der Waals surface area contributed by atoms with E-state index in [9.17, 15) is 9.59 Å². The molecule has 0 saturated carbocycles. The molecule has 8 heteroatoms. The van der Waals surface area contributed by atoms with E-state index in [0.29, 0.717) is 19.5 Å². The monoisotopic (exact) mass is 467 g/mol. The summed E-state index contributed by atoms with van der Waals surface area (Å²) in [7, 11) is 0. The number of amides is 2. The van der Waals surface area contributed by atoms with Crippen molar-refractivity contribution in [1.29, 1.82) is 0 Å². The maximum atomic E-state index is 12.1. The molecule has 25 heavy (non-hydrogen) atoms. The van der Waals surface area contributed by atoms with Gasteiger partial charge in [0.25, 0.3) is 0 Å². The lowest BCUT2D eigenvalue weighted by molar-refractivity contribution is -0.128. The number of primary amides is 1. The number of nitrogens with zero attached hydrogens (tertiary/aromatic N) is 2. The van der Waals surface area contributed by atoms with Gasteiger partial charge in [-0.25, -0.2) is 0 Å². The molecule has 1 saturated heterocycles. The maximum Gasteiger partial charge on any atom is 0.227 e. The Labute approximate surface area is 168 Å². The number of piperidine rings is 1. The number of carbonyl (C=O) groups excluding carboxylic acids is 2. The van der Waals surface area contributed by atoms with Crippen LogP contribution in [0.1, 0.15) is 47.0 Å². The first-order valence-electron chi connectivity index (χ1n) is 8.90. The molecule has 1 rings (SSSR count). The van der Waals surface area contributed by atoms with Gasteiger partial charge in [0.1, 0.15) is 0 Å². The van der Waals surface area contributed by atoms with E-state index < -0.39 is 5.41 Å². The second-order valence-electron chi connectivity index (χ2n) is 7.04. The van der Waals surface area contributed by atoms with E-state index in [0.717, 1.165) is 38.4 Å². The van der Waals surface area contributed by atoms with Crippen molar-refractivity contribution in [1.82, 2.24) is 15.5 Å². The first kappa shape index (κ1) is 23.9. The maximum absolute atomic E-state index is 12.1. The van der Waals surface area contributed by atoms with Crippen molar-refractivity contribution in [3.8, 4) is 0 Å². The van der Waals surface area contributed by atoms with E-state index in [4.69, 9.17) is 5.73 Å². The van der Waals surface area contributed by atoms with Gasteiger partial charge in [0, 0.05) is 32.6 Å². The summed E-state index contributed by atoms with van der Waals surface area (Å²) >= 11 is 0. The molecule has 0 bridgehead atoms. The third-order valence-electron chi connectivity index (χ3n) is 4.22. The first-order chi connectivity index (χ1) is 11.3. The quantitative estimate of drug-likeness (QED) is 0.299. The zero-order valence-electron chi connectivity index (χ0n) is 15.9. The summed E-state index contributed by atoms with van der Waals surface area (Å²) in [5, 5.41) is 6.15. The number of aliphatic imine (C=N–C) groups is 1. The molecule has 1 unspecified atom stereocenters. The molecule has 1 heterocycles. The van der Waals surface area contributed by atoms with Crippen LogP contribution in [0.3, 0.4) is 0 Å². The van der Waals surface area contributed by atoms with Crippen LogP contribution in [-0.2, 0) is 9.59 Å². The Bertz CT molecular complexity index is 468. The van der Waals surface area contributed by atoms with Crippen molar-refractivity contribution in [3.63, 3.8) is 0 Å². The molecule has 146 valence electrons. The van der Waals surface area contributed by atoms with Crippen molar-refractivity contribution in [2.45, 2.75) is 47.0 Å². The average molecular weight is 467 g/mol. The number of nitrogens with two attached hydrogens (primary N) is 1. The SMILES string of the molecule is CCNC(=O)C(C)(C)CN=C(NCC)N1CCCC(CC(N)=O)C1.I. The van der Waals surface area contributed by atoms with Crippen LogP contribution in [0.5, 0.6) is 0 Å². The fraction of sp³-hybridized carbons (Fsp3) is 0.824. The molecule has 1 aliphatic heterocycles. The highest BCUT2D eigenvalue weighted by molar-refractivity contribution is 14.0. The van der Waals surface area contributed by atoms with E-state index in [1.807, 2.05) is 27.7 Å². The van der Waals surface area contributed by atoms with Gasteiger partial charge in [-0.15, -0.1) is 24.0 Å². The van der Waals surface area contributed by atoms with Crippen molar-refractivity contribution in [3.05, 3.63) is 0 Å². The van der Waals surface area contributed by atoms with Gasteiger partial charge in [-0.1, -0.05) is 0 Å². The average Bonchev–Trinajstić information content (AvgIpc) is 2.51. The van der Waals surface area contributed by atoms with E-state index in [1.54, 1.807) is 0 Å². The Hall–Kier alpha value is -1.06. The first-order valence-corrected chi connectivity index (χ1v) is 8.90. The normalized spacial score (nSPS) is 18.3. The van der Waals surface area contributed by atoms with E-state index in [1.165, 1.54) is 0 Å². The van der Waals surface area contributed by atoms with Crippen molar-refractivity contribution in [2.75, 3.05) is 32.7 Å². The standard InChI is InChI=1S/C17H33N5O2.HI/c1-5-19-15(24)17(3,4)12-21-16(20-6-2)22-9-7-8-13(11-22)10-14(18)23;/h13H,5-12H2,1-4H3,(H2,18,23)(H,19,24)(H,20,21);1H. The van der Waals surface area contributed by atoms with Gasteiger partial charge in [-0.3, -0.25) is 14.6 Å². The van der Waals surface area contributed by atoms with E-state index in [2.05, 4.69) is 20.5 Å². The molecular weight excluding hydrogens is 433 g/mol. The smallest absolute Gasteiger partial charge is 0.227 e. The molecule has 2 amide bonds. The van der Waals surface area contributed by atoms with Crippen LogP contribution in [0.15, 0.2) is 4.99 Å². The number of guanidine groups is 1. The highest BCUT2D eigenvalue weighted by atomic mass is 127. The third kappa shape index (κ3) is 8.24. The predicted molar refractivity (Wildman–Crippen MR) is 112 cm³/mol. The lowest BCUT2D eigenvalue weighted by Gasteiger charge is -2.35. The van der Waals surface area contributed by atoms with Crippen LogP contribution in [0.4, 0.5) is 0 Å². The third-order valence-corrected chi connectivity index (χ3v) is 4.22. The minimum absolute atomic E-state index is 0. The van der Waals surface area contributed by atoms with Crippen molar-refractivity contribution >= 4 is 41.8 Å². The number of rotatable bonds is 7. The minimum Gasteiger partial charge on any atom is -0.370 e. The second kappa shape index (κ2) is 11.5. The summed E-state index contributed by atoms with van der Waals surface area (Å²) in [6.07, 6.45) is 2.45. The van der Waals surface area contributed by atoms with Crippen LogP contribution in [-0.4, -0.2) is 55.4 Å². The van der Waals surface area contributed by atoms with Gasteiger partial charge in [-0.05, 0) is 46.5 Å². The van der Waals surface area contributed by atoms with Crippen molar-refractivity contribution < 1.29 is 9.59 Å². The fourth-order valence-electron chi connectivity index (χ4n) is 2.88. The van der Waals surface area contributed by atoms with E-state index in [-0.39, 0.29) is 41.7 Å². The molecule has 1 aliphatic rings. The lowest BCUT2D eigenvalue weighted by atomic mass is 9.92. The summed E-state index contributed by atoms with van der Waals surface area (Å²) in [6, 6.07) is 0. The topological polar surface area (TPSA) is 99.8 Å². The lowest BCUT2D eigenvalue weighted by Crippen LogP contribution is -2.48. The Morgan fingerprint density at radius 2 is 1.88 bits per heavy atom. The number of likely N-dealkylation sites (tertiary alicyclic amines) is 1. The number of hydrogen-bond donors (Lipinski definition) is 3. The summed E-state index contributed by atoms with van der Waals surface area (Å²) in [6.45, 7) is 11.2. The van der Waals surface area contributed by atoms with Crippen LogP contribution in [0.2, 0.25) is 0 Å². The summed E-state index contributed by atoms with van der Waals surface area (Å²) in [4.78, 5) is 30.2. The molecular formula is C17H34IN5O2. The van der Waals surface area contributed by atoms with Crippen LogP contribution in [0.25, 0.3) is 0 Å². The molecule has 1 fully saturated rings.